The number of hydrogen-bond acceptors (Lipinski definition) is 6. The van der Waals surface area contributed by atoms with E-state index in [2.05, 4.69) is 39.1 Å². The number of halogens is 1. The second-order valence-electron chi connectivity index (χ2n) is 7.27. The molecule has 7 nitrogen and oxygen atoms in total. The number of carbonyl (C=O) groups is 1. The van der Waals surface area contributed by atoms with Crippen LogP contribution >= 0.6 is 11.8 Å². The number of nitrogens with zero attached hydrogens (tertiary/aromatic N) is 4. The lowest BCUT2D eigenvalue weighted by molar-refractivity contribution is -0.118. The Morgan fingerprint density at radius 1 is 1.21 bits per heavy atom. The molecule has 3 rings (SSSR count). The summed E-state index contributed by atoms with van der Waals surface area (Å²) < 4.78 is 21.1. The average Bonchev–Trinajstić information content (AvgIpc) is 3.22. The van der Waals surface area contributed by atoms with Crippen LogP contribution in [0.1, 0.15) is 12.2 Å². The molecule has 0 saturated heterocycles. The lowest BCUT2D eigenvalue weighted by Gasteiger charge is -2.19. The predicted octanol–water partition coefficient (Wildman–Crippen LogP) is 3.92. The molecule has 0 aliphatic rings. The second kappa shape index (κ2) is 12.6. The molecule has 0 aliphatic carbocycles. The summed E-state index contributed by atoms with van der Waals surface area (Å²) in [5.41, 5.74) is 1.15. The molecule has 33 heavy (non-hydrogen) atoms. The van der Waals surface area contributed by atoms with Crippen LogP contribution in [0.5, 0.6) is 5.75 Å². The molecule has 1 amide bonds. The van der Waals surface area contributed by atoms with Crippen LogP contribution in [-0.4, -0.2) is 46.6 Å². The highest BCUT2D eigenvalue weighted by atomic mass is 32.2. The largest absolute Gasteiger partial charge is 0.483 e. The zero-order valence-electron chi connectivity index (χ0n) is 18.6. The van der Waals surface area contributed by atoms with E-state index in [1.54, 1.807) is 28.8 Å². The number of nitrogens with one attached hydrogen (secondary N) is 1. The fourth-order valence-electron chi connectivity index (χ4n) is 3.09. The molecular formula is C24H28FN5O2S. The SMILES string of the molecule is C=CCn1c(COc2ccccc2F)nnc1SCC(=O)NCCCN(C)c1ccccc1. The van der Waals surface area contributed by atoms with Crippen molar-refractivity contribution in [1.82, 2.24) is 20.1 Å². The maximum atomic E-state index is 13.8. The highest BCUT2D eigenvalue weighted by molar-refractivity contribution is 7.99. The minimum atomic E-state index is -0.437. The minimum absolute atomic E-state index is 0.0590. The number of carbonyl (C=O) groups excluding carboxylic acids is 1. The van der Waals surface area contributed by atoms with Gasteiger partial charge >= 0.3 is 0 Å². The molecule has 1 N–H and O–H groups in total. The standard InChI is InChI=1S/C24H28FN5O2S/c1-3-15-30-22(17-32-21-13-8-7-12-20(21)25)27-28-24(30)33-18-23(31)26-14-9-16-29(2)19-10-5-4-6-11-19/h3-8,10-13H,1,9,14-18H2,2H3,(H,26,31). The number of allylic oxidation sites excluding steroid dienone is 1. The van der Waals surface area contributed by atoms with E-state index in [0.717, 1.165) is 18.7 Å². The second-order valence-corrected chi connectivity index (χ2v) is 8.21. The van der Waals surface area contributed by atoms with E-state index < -0.39 is 5.82 Å². The number of hydrogen-bond donors (Lipinski definition) is 1. The number of anilines is 1. The van der Waals surface area contributed by atoms with Gasteiger partial charge in [-0.1, -0.05) is 48.2 Å². The molecule has 0 aliphatic heterocycles. The number of rotatable bonds is 13. The van der Waals surface area contributed by atoms with Crippen LogP contribution in [0.4, 0.5) is 10.1 Å². The Kier molecular flexibility index (Phi) is 9.31. The Balaban J connectivity index is 1.44. The third-order valence-electron chi connectivity index (χ3n) is 4.82. The first-order valence-electron chi connectivity index (χ1n) is 10.6. The molecule has 0 atom stereocenters. The number of aromatic nitrogens is 3. The molecule has 0 bridgehead atoms. The lowest BCUT2D eigenvalue weighted by atomic mass is 10.3. The topological polar surface area (TPSA) is 72.3 Å². The molecule has 1 aromatic heterocycles. The Morgan fingerprint density at radius 3 is 2.73 bits per heavy atom. The van der Waals surface area contributed by atoms with Crippen LogP contribution in [0.25, 0.3) is 0 Å². The summed E-state index contributed by atoms with van der Waals surface area (Å²) in [6.45, 7) is 5.72. The van der Waals surface area contributed by atoms with E-state index in [4.69, 9.17) is 4.74 Å². The zero-order chi connectivity index (χ0) is 23.5. The van der Waals surface area contributed by atoms with Crippen molar-refractivity contribution >= 4 is 23.4 Å². The molecule has 2 aromatic carbocycles. The van der Waals surface area contributed by atoms with Gasteiger partial charge in [0.1, 0.15) is 6.61 Å². The summed E-state index contributed by atoms with van der Waals surface area (Å²) in [5.74, 6) is 0.396. The van der Waals surface area contributed by atoms with Gasteiger partial charge in [0.15, 0.2) is 22.5 Å². The van der Waals surface area contributed by atoms with Crippen molar-refractivity contribution in [2.75, 3.05) is 30.8 Å². The van der Waals surface area contributed by atoms with Crippen molar-refractivity contribution in [2.45, 2.75) is 24.7 Å². The zero-order valence-corrected chi connectivity index (χ0v) is 19.4. The van der Waals surface area contributed by atoms with Gasteiger partial charge in [0.05, 0.1) is 5.75 Å². The number of benzene rings is 2. The van der Waals surface area contributed by atoms with Gasteiger partial charge in [0.25, 0.3) is 0 Å². The summed E-state index contributed by atoms with van der Waals surface area (Å²) in [7, 11) is 2.03. The third kappa shape index (κ3) is 7.35. The normalized spacial score (nSPS) is 10.6. The van der Waals surface area contributed by atoms with Crippen LogP contribution < -0.4 is 15.0 Å². The number of para-hydroxylation sites is 2. The van der Waals surface area contributed by atoms with E-state index in [9.17, 15) is 9.18 Å². The van der Waals surface area contributed by atoms with Crippen molar-refractivity contribution in [3.8, 4) is 5.75 Å². The Bertz CT molecular complexity index is 1040. The van der Waals surface area contributed by atoms with Crippen molar-refractivity contribution in [3.63, 3.8) is 0 Å². The van der Waals surface area contributed by atoms with E-state index in [0.29, 0.717) is 24.1 Å². The third-order valence-corrected chi connectivity index (χ3v) is 5.79. The Labute approximate surface area is 197 Å². The molecule has 3 aromatic rings. The van der Waals surface area contributed by atoms with Gasteiger partial charge in [0.2, 0.25) is 5.91 Å². The van der Waals surface area contributed by atoms with Gasteiger partial charge in [-0.05, 0) is 30.7 Å². The van der Waals surface area contributed by atoms with Crippen molar-refractivity contribution in [2.24, 2.45) is 0 Å². The molecule has 0 fully saturated rings. The van der Waals surface area contributed by atoms with E-state index in [1.165, 1.54) is 17.8 Å². The van der Waals surface area contributed by atoms with E-state index in [-0.39, 0.29) is 24.0 Å². The summed E-state index contributed by atoms with van der Waals surface area (Å²) in [6, 6.07) is 16.3. The van der Waals surface area contributed by atoms with Crippen LogP contribution in [-0.2, 0) is 17.9 Å². The van der Waals surface area contributed by atoms with Gasteiger partial charge in [-0.2, -0.15) is 0 Å². The van der Waals surface area contributed by atoms with Crippen LogP contribution in [0.2, 0.25) is 0 Å². The predicted molar refractivity (Wildman–Crippen MR) is 129 cm³/mol. The van der Waals surface area contributed by atoms with Gasteiger partial charge in [0, 0.05) is 32.4 Å². The van der Waals surface area contributed by atoms with Gasteiger partial charge in [-0.3, -0.25) is 9.36 Å². The monoisotopic (exact) mass is 469 g/mol. The molecular weight excluding hydrogens is 441 g/mol. The molecule has 174 valence electrons. The molecule has 0 unspecified atom stereocenters. The van der Waals surface area contributed by atoms with Crippen molar-refractivity contribution in [1.29, 1.82) is 0 Å². The molecule has 0 saturated carbocycles. The fraction of sp³-hybridized carbons (Fsp3) is 0.292. The summed E-state index contributed by atoms with van der Waals surface area (Å²) in [4.78, 5) is 14.4. The quantitative estimate of drug-likeness (QED) is 0.232. The molecule has 0 radical (unpaired) electrons. The summed E-state index contributed by atoms with van der Waals surface area (Å²) >= 11 is 1.29. The Hall–Kier alpha value is -3.33. The maximum Gasteiger partial charge on any atom is 0.230 e. The summed E-state index contributed by atoms with van der Waals surface area (Å²) in [5, 5.41) is 11.8. The lowest BCUT2D eigenvalue weighted by Crippen LogP contribution is -2.29. The smallest absolute Gasteiger partial charge is 0.230 e. The molecule has 0 spiro atoms. The molecule has 9 heteroatoms. The maximum absolute atomic E-state index is 13.8. The number of amides is 1. The van der Waals surface area contributed by atoms with Gasteiger partial charge < -0.3 is 15.0 Å². The Morgan fingerprint density at radius 2 is 1.97 bits per heavy atom. The first-order chi connectivity index (χ1) is 16.1. The van der Waals surface area contributed by atoms with Crippen LogP contribution in [0.15, 0.2) is 72.4 Å². The first kappa shape index (κ1) is 24.3. The van der Waals surface area contributed by atoms with Crippen LogP contribution in [0.3, 0.4) is 0 Å². The van der Waals surface area contributed by atoms with Crippen LogP contribution in [0, 0.1) is 5.82 Å². The van der Waals surface area contributed by atoms with Gasteiger partial charge in [-0.25, -0.2) is 4.39 Å². The molecule has 1 heterocycles. The first-order valence-corrected chi connectivity index (χ1v) is 11.6. The summed E-state index contributed by atoms with van der Waals surface area (Å²) in [6.07, 6.45) is 2.55. The van der Waals surface area contributed by atoms with Gasteiger partial charge in [-0.15, -0.1) is 16.8 Å². The fourth-order valence-corrected chi connectivity index (χ4v) is 3.88. The van der Waals surface area contributed by atoms with Crippen molar-refractivity contribution in [3.05, 3.63) is 78.9 Å². The highest BCUT2D eigenvalue weighted by Gasteiger charge is 2.15. The highest BCUT2D eigenvalue weighted by Crippen LogP contribution is 2.20. The number of ether oxygens (including phenoxy) is 1. The van der Waals surface area contributed by atoms with E-state index >= 15 is 0 Å². The average molecular weight is 470 g/mol. The van der Waals surface area contributed by atoms with E-state index in [1.807, 2.05) is 25.2 Å². The number of thioether (sulfide) groups is 1. The van der Waals surface area contributed by atoms with Crippen molar-refractivity contribution < 1.29 is 13.9 Å². The minimum Gasteiger partial charge on any atom is -0.483 e.